The van der Waals surface area contributed by atoms with Crippen molar-refractivity contribution in [2.75, 3.05) is 11.4 Å². The van der Waals surface area contributed by atoms with E-state index in [0.717, 1.165) is 4.88 Å². The lowest BCUT2D eigenvalue weighted by Gasteiger charge is -2.15. The van der Waals surface area contributed by atoms with Crippen molar-refractivity contribution in [3.8, 4) is 0 Å². The van der Waals surface area contributed by atoms with Gasteiger partial charge >= 0.3 is 0 Å². The van der Waals surface area contributed by atoms with Gasteiger partial charge in [0.1, 0.15) is 5.82 Å². The number of nitrogens with zero attached hydrogens (tertiary/aromatic N) is 3. The number of hydrogen-bond acceptors (Lipinski definition) is 4. The number of carbonyl (C=O) groups is 2. The van der Waals surface area contributed by atoms with Crippen molar-refractivity contribution in [2.24, 2.45) is 0 Å². The zero-order valence-corrected chi connectivity index (χ0v) is 10.4. The predicted octanol–water partition coefficient (Wildman–Crippen LogP) is 1.30. The summed E-state index contributed by atoms with van der Waals surface area (Å²) in [4.78, 5) is 25.7. The molecule has 1 aliphatic heterocycles. The van der Waals surface area contributed by atoms with Crippen LogP contribution in [0, 0.1) is 0 Å². The molecule has 0 spiro atoms. The van der Waals surface area contributed by atoms with Crippen molar-refractivity contribution >= 4 is 28.8 Å². The van der Waals surface area contributed by atoms with E-state index in [1.54, 1.807) is 28.3 Å². The monoisotopic (exact) mass is 261 g/mol. The van der Waals surface area contributed by atoms with Crippen LogP contribution in [0.4, 0.5) is 5.82 Å². The molecule has 0 saturated carbocycles. The highest BCUT2D eigenvalue weighted by atomic mass is 32.1. The summed E-state index contributed by atoms with van der Waals surface area (Å²) in [6.07, 6.45) is 1.66. The molecular weight excluding hydrogens is 250 g/mol. The van der Waals surface area contributed by atoms with Gasteiger partial charge in [-0.2, -0.15) is 5.10 Å². The van der Waals surface area contributed by atoms with Gasteiger partial charge in [0.2, 0.25) is 5.91 Å². The second-order valence-corrected chi connectivity index (χ2v) is 5.15. The molecule has 2 aromatic heterocycles. The fourth-order valence-corrected chi connectivity index (χ4v) is 2.71. The van der Waals surface area contributed by atoms with Gasteiger partial charge in [-0.1, -0.05) is 6.07 Å². The van der Waals surface area contributed by atoms with Gasteiger partial charge in [-0.3, -0.25) is 14.5 Å². The highest BCUT2D eigenvalue weighted by Crippen LogP contribution is 2.21. The summed E-state index contributed by atoms with van der Waals surface area (Å²) >= 11 is 1.64. The third-order valence-electron chi connectivity index (χ3n) is 2.84. The Morgan fingerprint density at radius 2 is 2.22 bits per heavy atom. The van der Waals surface area contributed by atoms with Crippen LogP contribution in [0.2, 0.25) is 0 Å². The third kappa shape index (κ3) is 1.95. The van der Waals surface area contributed by atoms with Crippen LogP contribution < -0.4 is 4.90 Å². The summed E-state index contributed by atoms with van der Waals surface area (Å²) in [6, 6.07) is 5.77. The first kappa shape index (κ1) is 11.2. The molecule has 92 valence electrons. The Bertz CT molecular complexity index is 588. The molecule has 0 radical (unpaired) electrons. The molecule has 6 heteroatoms. The van der Waals surface area contributed by atoms with Crippen LogP contribution in [0.15, 0.2) is 29.8 Å². The average Bonchev–Trinajstić information content (AvgIpc) is 3.02. The van der Waals surface area contributed by atoms with Crippen LogP contribution in [0.5, 0.6) is 0 Å². The highest BCUT2D eigenvalue weighted by molar-refractivity contribution is 7.09. The zero-order chi connectivity index (χ0) is 12.5. The Kier molecular flexibility index (Phi) is 2.71. The Balaban J connectivity index is 1.87. The van der Waals surface area contributed by atoms with E-state index in [4.69, 9.17) is 0 Å². The maximum absolute atomic E-state index is 11.7. The first-order valence-corrected chi connectivity index (χ1v) is 6.48. The van der Waals surface area contributed by atoms with Crippen molar-refractivity contribution in [1.82, 2.24) is 9.78 Å². The van der Waals surface area contributed by atoms with Gasteiger partial charge in [-0.15, -0.1) is 11.3 Å². The molecular formula is C12H11N3O2S. The van der Waals surface area contributed by atoms with Crippen molar-refractivity contribution < 1.29 is 9.59 Å². The first-order chi connectivity index (χ1) is 8.74. The number of aromatic nitrogens is 2. The highest BCUT2D eigenvalue weighted by Gasteiger charge is 2.30. The van der Waals surface area contributed by atoms with Crippen LogP contribution in [0.3, 0.4) is 0 Å². The molecule has 18 heavy (non-hydrogen) atoms. The molecule has 3 rings (SSSR count). The molecule has 1 amide bonds. The summed E-state index contributed by atoms with van der Waals surface area (Å²) in [7, 11) is 0. The van der Waals surface area contributed by atoms with Gasteiger partial charge in [0, 0.05) is 10.9 Å². The lowest BCUT2D eigenvalue weighted by molar-refractivity contribution is -0.121. The largest absolute Gasteiger partial charge is 0.297 e. The van der Waals surface area contributed by atoms with Gasteiger partial charge in [0.25, 0.3) is 0 Å². The van der Waals surface area contributed by atoms with E-state index in [1.165, 1.54) is 4.90 Å². The van der Waals surface area contributed by atoms with E-state index in [1.807, 2.05) is 17.5 Å². The van der Waals surface area contributed by atoms with E-state index < -0.39 is 0 Å². The smallest absolute Gasteiger partial charge is 0.236 e. The summed E-state index contributed by atoms with van der Waals surface area (Å²) in [6.45, 7) is 0.785. The maximum Gasteiger partial charge on any atom is 0.236 e. The van der Waals surface area contributed by atoms with E-state index in [9.17, 15) is 9.59 Å². The van der Waals surface area contributed by atoms with E-state index >= 15 is 0 Å². The van der Waals surface area contributed by atoms with Gasteiger partial charge in [0.05, 0.1) is 25.7 Å². The zero-order valence-electron chi connectivity index (χ0n) is 9.57. The topological polar surface area (TPSA) is 55.2 Å². The third-order valence-corrected chi connectivity index (χ3v) is 3.70. The van der Waals surface area contributed by atoms with E-state index in [-0.39, 0.29) is 24.7 Å². The minimum absolute atomic E-state index is 0.00415. The quantitative estimate of drug-likeness (QED) is 0.782. The van der Waals surface area contributed by atoms with Crippen molar-refractivity contribution in [3.63, 3.8) is 0 Å². The minimum Gasteiger partial charge on any atom is -0.297 e. The molecule has 0 aromatic carbocycles. The van der Waals surface area contributed by atoms with Crippen molar-refractivity contribution in [2.45, 2.75) is 13.0 Å². The van der Waals surface area contributed by atoms with Crippen molar-refractivity contribution in [3.05, 3.63) is 34.7 Å². The molecule has 1 fully saturated rings. The summed E-state index contributed by atoms with van der Waals surface area (Å²) in [5.74, 6) is 0.510. The van der Waals surface area contributed by atoms with Crippen LogP contribution in [0.1, 0.15) is 11.3 Å². The number of Topliss-reactive ketones (excluding diaryl/α,β-unsaturated/α-hetero) is 1. The number of thiophene rings is 1. The van der Waals surface area contributed by atoms with Gasteiger partial charge < -0.3 is 0 Å². The predicted molar refractivity (Wildman–Crippen MR) is 67.6 cm³/mol. The molecule has 1 saturated heterocycles. The minimum atomic E-state index is -0.145. The van der Waals surface area contributed by atoms with E-state index in [2.05, 4.69) is 5.10 Å². The molecule has 0 atom stereocenters. The molecule has 0 N–H and O–H groups in total. The van der Waals surface area contributed by atoms with Crippen molar-refractivity contribution in [1.29, 1.82) is 0 Å². The lowest BCUT2D eigenvalue weighted by atomic mass is 10.3. The second kappa shape index (κ2) is 4.38. The summed E-state index contributed by atoms with van der Waals surface area (Å²) < 4.78 is 1.75. The molecule has 2 aromatic rings. The Morgan fingerprint density at radius 3 is 2.89 bits per heavy atom. The second-order valence-electron chi connectivity index (χ2n) is 4.12. The molecule has 0 unspecified atom stereocenters. The molecule has 0 aliphatic carbocycles. The molecule has 3 heterocycles. The standard InChI is InChI=1S/C12H11N3O2S/c16-9-6-12(17)14(7-9)11-3-4-13-15(11)8-10-2-1-5-18-10/h1-5H,6-8H2. The van der Waals surface area contributed by atoms with E-state index in [0.29, 0.717) is 12.4 Å². The fourth-order valence-electron chi connectivity index (χ4n) is 2.02. The average molecular weight is 261 g/mol. The van der Waals surface area contributed by atoms with Gasteiger partial charge in [-0.05, 0) is 11.4 Å². The first-order valence-electron chi connectivity index (χ1n) is 5.60. The fraction of sp³-hybridized carbons (Fsp3) is 0.250. The number of anilines is 1. The Labute approximate surface area is 108 Å². The molecule has 0 bridgehead atoms. The number of carbonyl (C=O) groups excluding carboxylic acids is 2. The summed E-state index contributed by atoms with van der Waals surface area (Å²) in [5.41, 5.74) is 0. The van der Waals surface area contributed by atoms with Gasteiger partial charge in [-0.25, -0.2) is 4.68 Å². The van der Waals surface area contributed by atoms with Gasteiger partial charge in [0.15, 0.2) is 5.78 Å². The van der Waals surface area contributed by atoms with Crippen LogP contribution in [-0.2, 0) is 16.1 Å². The molecule has 1 aliphatic rings. The van der Waals surface area contributed by atoms with Crippen LogP contribution in [-0.4, -0.2) is 28.0 Å². The van der Waals surface area contributed by atoms with Crippen LogP contribution >= 0.6 is 11.3 Å². The lowest BCUT2D eigenvalue weighted by Crippen LogP contribution is -2.27. The maximum atomic E-state index is 11.7. The molecule has 5 nitrogen and oxygen atoms in total. The summed E-state index contributed by atoms with van der Waals surface area (Å²) in [5, 5.41) is 6.22. The number of rotatable bonds is 3. The normalized spacial score (nSPS) is 15.7. The SMILES string of the molecule is O=C1CC(=O)N(c2ccnn2Cc2cccs2)C1. The number of amides is 1. The Hall–Kier alpha value is -1.95. The number of ketones is 1. The number of hydrogen-bond donors (Lipinski definition) is 0. The Morgan fingerprint density at radius 1 is 1.33 bits per heavy atom. The van der Waals surface area contributed by atoms with Crippen LogP contribution in [0.25, 0.3) is 0 Å².